The van der Waals surface area contributed by atoms with Crippen molar-refractivity contribution in [2.24, 2.45) is 0 Å². The van der Waals surface area contributed by atoms with E-state index in [2.05, 4.69) is 196 Å². The van der Waals surface area contributed by atoms with Crippen LogP contribution in [0.25, 0.3) is 0 Å². The van der Waals surface area contributed by atoms with Crippen LogP contribution in [0, 0.1) is 0 Å². The summed E-state index contributed by atoms with van der Waals surface area (Å²) >= 11 is 0. The van der Waals surface area contributed by atoms with E-state index in [4.69, 9.17) is 18.9 Å². The van der Waals surface area contributed by atoms with Crippen LogP contribution in [-0.2, 0) is 33.3 Å². The minimum Gasteiger partial charge on any atom is -0.545 e. The second kappa shape index (κ2) is 76.1. The third kappa shape index (κ3) is 77.6. The summed E-state index contributed by atoms with van der Waals surface area (Å²) < 4.78 is 22.8. The van der Waals surface area contributed by atoms with E-state index in [0.29, 0.717) is 17.4 Å². The van der Waals surface area contributed by atoms with Crippen molar-refractivity contribution in [2.75, 3.05) is 47.5 Å². The van der Waals surface area contributed by atoms with Crippen molar-refractivity contribution in [3.8, 4) is 0 Å². The van der Waals surface area contributed by atoms with Gasteiger partial charge in [0.05, 0.1) is 40.3 Å². The van der Waals surface area contributed by atoms with Crippen molar-refractivity contribution in [1.82, 2.24) is 0 Å². The summed E-state index contributed by atoms with van der Waals surface area (Å²) in [6.45, 7) is 4.51. The zero-order valence-electron chi connectivity index (χ0n) is 62.6. The van der Waals surface area contributed by atoms with Crippen LogP contribution in [0.3, 0.4) is 0 Å². The molecule has 0 rings (SSSR count). The Balaban J connectivity index is 4.11. The van der Waals surface area contributed by atoms with Crippen LogP contribution in [0.2, 0.25) is 0 Å². The van der Waals surface area contributed by atoms with Crippen LogP contribution >= 0.6 is 0 Å². The molecule has 0 aliphatic rings. The standard InChI is InChI=1S/C88H143NO8/c1-6-8-10-12-14-16-18-20-22-24-26-28-30-32-34-36-38-40-41-42-43-44-45-47-48-50-52-54-56-58-60-62-64-66-68-70-72-74-76-78-85(90)95-82-84(83-96-88(87(92)93)94-81-80-89(3,4)5)97-86(91)79-77-75-73-71-69-67-65-63-61-59-57-55-53-51-49-46-39-37-35-33-31-29-27-25-23-21-19-17-15-13-11-9-7-2/h8-11,14-17,20-23,26-29,32-35,38-40,42-43,46,51,53,57,59,84,88H,6-7,12-13,18-19,24-25,30-31,36-37,41,44-45,47-50,52,54-56,58,60-83H2,1-5H3/b10-8-,11-9-,16-14-,17-15-,22-20-,23-21-,28-26-,29-27-,34-32-,35-33-,40-38-,43-42-,46-39-,53-51-,59-57-. The van der Waals surface area contributed by atoms with E-state index in [1.54, 1.807) is 0 Å². The molecule has 9 heteroatoms. The van der Waals surface area contributed by atoms with Gasteiger partial charge < -0.3 is 33.3 Å². The third-order valence-corrected chi connectivity index (χ3v) is 16.1. The fourth-order valence-corrected chi connectivity index (χ4v) is 10.3. The van der Waals surface area contributed by atoms with Crippen LogP contribution in [0.4, 0.5) is 0 Å². The molecule has 0 aliphatic carbocycles. The van der Waals surface area contributed by atoms with Gasteiger partial charge in [-0.3, -0.25) is 9.59 Å². The van der Waals surface area contributed by atoms with Crippen molar-refractivity contribution in [2.45, 2.75) is 309 Å². The number of allylic oxidation sites excluding steroid dienone is 30. The number of quaternary nitrogens is 1. The first-order valence-electron chi connectivity index (χ1n) is 38.9. The number of ether oxygens (including phenoxy) is 4. The Morgan fingerprint density at radius 1 is 0.309 bits per heavy atom. The van der Waals surface area contributed by atoms with Gasteiger partial charge in [0.15, 0.2) is 12.4 Å². The van der Waals surface area contributed by atoms with Crippen LogP contribution < -0.4 is 5.11 Å². The quantitative estimate of drug-likeness (QED) is 0.0195. The molecule has 0 aliphatic heterocycles. The molecule has 0 saturated heterocycles. The van der Waals surface area contributed by atoms with E-state index in [-0.39, 0.29) is 38.6 Å². The van der Waals surface area contributed by atoms with Gasteiger partial charge in [-0.25, -0.2) is 0 Å². The van der Waals surface area contributed by atoms with E-state index in [1.807, 2.05) is 21.1 Å². The lowest BCUT2D eigenvalue weighted by molar-refractivity contribution is -0.870. The molecule has 0 N–H and O–H groups in total. The predicted octanol–water partition coefficient (Wildman–Crippen LogP) is 23.8. The van der Waals surface area contributed by atoms with Gasteiger partial charge >= 0.3 is 11.9 Å². The number of unbranched alkanes of at least 4 members (excludes halogenated alkanes) is 25. The number of nitrogens with zero attached hydrogens (tertiary/aromatic N) is 1. The Morgan fingerprint density at radius 3 is 0.825 bits per heavy atom. The van der Waals surface area contributed by atoms with Crippen molar-refractivity contribution in [3.63, 3.8) is 0 Å². The molecule has 0 spiro atoms. The van der Waals surface area contributed by atoms with Gasteiger partial charge in [-0.1, -0.05) is 331 Å². The van der Waals surface area contributed by atoms with Gasteiger partial charge in [0.25, 0.3) is 0 Å². The Labute approximate surface area is 596 Å². The molecule has 0 radical (unpaired) electrons. The highest BCUT2D eigenvalue weighted by Crippen LogP contribution is 2.17. The lowest BCUT2D eigenvalue weighted by Gasteiger charge is -2.26. The molecule has 0 bridgehead atoms. The number of rotatable bonds is 70. The van der Waals surface area contributed by atoms with E-state index >= 15 is 0 Å². The number of esters is 2. The minimum absolute atomic E-state index is 0.138. The number of carbonyl (C=O) groups is 3. The fraction of sp³-hybridized carbons (Fsp3) is 0.625. The van der Waals surface area contributed by atoms with Crippen LogP contribution in [-0.4, -0.2) is 82.3 Å². The van der Waals surface area contributed by atoms with Crippen molar-refractivity contribution in [3.05, 3.63) is 182 Å². The maximum absolute atomic E-state index is 13.0. The first-order valence-corrected chi connectivity index (χ1v) is 38.9. The lowest BCUT2D eigenvalue weighted by Crippen LogP contribution is -2.44. The molecule has 9 nitrogen and oxygen atoms in total. The molecule has 0 heterocycles. The minimum atomic E-state index is -1.64. The Hall–Kier alpha value is -5.61. The largest absolute Gasteiger partial charge is 0.545 e. The van der Waals surface area contributed by atoms with Crippen molar-refractivity contribution in [1.29, 1.82) is 0 Å². The molecule has 0 saturated carbocycles. The third-order valence-electron chi connectivity index (χ3n) is 16.1. The van der Waals surface area contributed by atoms with E-state index < -0.39 is 24.3 Å². The van der Waals surface area contributed by atoms with Crippen LogP contribution in [0.5, 0.6) is 0 Å². The number of carbonyl (C=O) groups excluding carboxylic acids is 3. The molecular weight excluding hydrogens is 1200 g/mol. The molecule has 0 aromatic heterocycles. The fourth-order valence-electron chi connectivity index (χ4n) is 10.3. The second-order valence-corrected chi connectivity index (χ2v) is 26.5. The monoisotopic (exact) mass is 1340 g/mol. The molecule has 0 aromatic carbocycles. The summed E-state index contributed by atoms with van der Waals surface area (Å²) in [6, 6.07) is 0. The summed E-state index contributed by atoms with van der Waals surface area (Å²) in [6.07, 6.45) is 113. The smallest absolute Gasteiger partial charge is 0.306 e. The molecule has 0 fully saturated rings. The highest BCUT2D eigenvalue weighted by atomic mass is 16.7. The zero-order chi connectivity index (χ0) is 70.4. The number of aliphatic carboxylic acids is 1. The summed E-state index contributed by atoms with van der Waals surface area (Å²) in [5.41, 5.74) is 0. The van der Waals surface area contributed by atoms with Crippen molar-refractivity contribution >= 4 is 17.9 Å². The van der Waals surface area contributed by atoms with Gasteiger partial charge in [-0.05, 0) is 135 Å². The second-order valence-electron chi connectivity index (χ2n) is 26.5. The summed E-state index contributed by atoms with van der Waals surface area (Å²) in [4.78, 5) is 37.6. The Morgan fingerprint density at radius 2 is 0.557 bits per heavy atom. The van der Waals surface area contributed by atoms with Crippen LogP contribution in [0.1, 0.15) is 296 Å². The summed E-state index contributed by atoms with van der Waals surface area (Å²) in [5, 5.41) is 11.9. The predicted molar refractivity (Wildman–Crippen MR) is 416 cm³/mol. The Kier molecular flexibility index (Phi) is 71.7. The average Bonchev–Trinajstić information content (AvgIpc) is 2.59. The number of likely N-dealkylation sites (N-methyl/N-ethyl adjacent to an activating group) is 1. The van der Waals surface area contributed by atoms with Crippen LogP contribution in [0.15, 0.2) is 182 Å². The lowest BCUT2D eigenvalue weighted by atomic mass is 10.0. The van der Waals surface area contributed by atoms with Gasteiger partial charge in [-0.2, -0.15) is 0 Å². The van der Waals surface area contributed by atoms with Crippen molar-refractivity contribution < 1.29 is 42.9 Å². The number of hydrogen-bond donors (Lipinski definition) is 0. The maximum atomic E-state index is 13.0. The molecular formula is C88H143NO8. The van der Waals surface area contributed by atoms with Gasteiger partial charge in [0.1, 0.15) is 13.2 Å². The maximum Gasteiger partial charge on any atom is 0.306 e. The molecule has 548 valence electrons. The number of carboxylic acids is 1. The summed E-state index contributed by atoms with van der Waals surface area (Å²) in [7, 11) is 5.92. The van der Waals surface area contributed by atoms with Gasteiger partial charge in [0, 0.05) is 12.8 Å². The SMILES string of the molecule is CC/C=C\C/C=C\C/C=C\C/C=C\C/C=C\C/C=C\C/C=C\C/C=C\CCCCCCCCCCC(=O)OC(COC(=O)CCCCCCCCCCCCCCCCCCC/C=C\C/C=C\C/C=C\C/C=C\C/C=C\C/C=C\C/C=C\CC)COC(OCC[N+](C)(C)C)C(=O)[O-]. The molecule has 97 heavy (non-hydrogen) atoms. The first kappa shape index (κ1) is 91.4. The van der Waals surface area contributed by atoms with Gasteiger partial charge in [0.2, 0.25) is 0 Å². The highest BCUT2D eigenvalue weighted by Gasteiger charge is 2.22. The molecule has 2 atom stereocenters. The molecule has 0 aromatic rings. The molecule has 2 unspecified atom stereocenters. The first-order chi connectivity index (χ1) is 47.6. The number of carboxylic acid groups (broad SMARTS) is 1. The number of hydrogen-bond acceptors (Lipinski definition) is 8. The Bertz CT molecular complexity index is 2260. The summed E-state index contributed by atoms with van der Waals surface area (Å²) in [5.74, 6) is -2.30. The molecule has 0 amide bonds. The topological polar surface area (TPSA) is 111 Å². The normalized spacial score (nSPS) is 13.7. The van der Waals surface area contributed by atoms with E-state index in [1.165, 1.54) is 122 Å². The average molecular weight is 1340 g/mol. The highest BCUT2D eigenvalue weighted by molar-refractivity contribution is 5.70. The van der Waals surface area contributed by atoms with Gasteiger partial charge in [-0.15, -0.1) is 0 Å². The van der Waals surface area contributed by atoms with E-state index in [0.717, 1.165) is 141 Å². The zero-order valence-corrected chi connectivity index (χ0v) is 62.6. The van der Waals surface area contributed by atoms with E-state index in [9.17, 15) is 19.5 Å².